The Kier molecular flexibility index (Phi) is 5.57. The second-order valence-electron chi connectivity index (χ2n) is 5.46. The Morgan fingerprint density at radius 3 is 2.30 bits per heavy atom. The molecule has 0 saturated heterocycles. The summed E-state index contributed by atoms with van der Waals surface area (Å²) in [5.74, 6) is 0.0744. The van der Waals surface area contributed by atoms with E-state index < -0.39 is 10.0 Å². The number of hydrogen-bond donors (Lipinski definition) is 2. The highest BCUT2D eigenvalue weighted by atomic mass is 32.2. The number of benzene rings is 1. The Morgan fingerprint density at radius 2 is 1.70 bits per heavy atom. The Morgan fingerprint density at radius 1 is 1.10 bits per heavy atom. The molecule has 0 aromatic heterocycles. The molecule has 1 aromatic rings. The summed E-state index contributed by atoms with van der Waals surface area (Å²) < 4.78 is 27.0. The van der Waals surface area contributed by atoms with E-state index in [4.69, 9.17) is 0 Å². The van der Waals surface area contributed by atoms with Crippen molar-refractivity contribution in [1.82, 2.24) is 10.0 Å². The molecule has 0 atom stereocenters. The van der Waals surface area contributed by atoms with Gasteiger partial charge < -0.3 is 5.32 Å². The zero-order valence-corrected chi connectivity index (χ0v) is 12.9. The first-order chi connectivity index (χ1) is 9.59. The van der Waals surface area contributed by atoms with Crippen LogP contribution in [0.2, 0.25) is 0 Å². The van der Waals surface area contributed by atoms with Crippen molar-refractivity contribution in [2.75, 3.05) is 6.54 Å². The zero-order valence-electron chi connectivity index (χ0n) is 12.1. The molecule has 0 heterocycles. The monoisotopic (exact) mass is 296 g/mol. The van der Waals surface area contributed by atoms with Crippen molar-refractivity contribution in [2.45, 2.75) is 50.9 Å². The van der Waals surface area contributed by atoms with Gasteiger partial charge in [0, 0.05) is 12.6 Å². The van der Waals surface area contributed by atoms with Gasteiger partial charge in [0.05, 0.1) is 5.75 Å². The molecule has 1 aliphatic carbocycles. The van der Waals surface area contributed by atoms with Gasteiger partial charge in [-0.3, -0.25) is 0 Å². The SMILES string of the molecule is CCNCc1ccc(CS(=O)(=O)NC2CCCC2)cc1. The maximum absolute atomic E-state index is 12.1. The van der Waals surface area contributed by atoms with E-state index in [9.17, 15) is 8.42 Å². The maximum Gasteiger partial charge on any atom is 0.216 e. The summed E-state index contributed by atoms with van der Waals surface area (Å²) in [5, 5.41) is 3.25. The number of rotatable bonds is 7. The molecule has 112 valence electrons. The lowest BCUT2D eigenvalue weighted by atomic mass is 10.1. The van der Waals surface area contributed by atoms with E-state index in [1.54, 1.807) is 0 Å². The van der Waals surface area contributed by atoms with Crippen LogP contribution in [0, 0.1) is 0 Å². The fourth-order valence-electron chi connectivity index (χ4n) is 2.58. The lowest BCUT2D eigenvalue weighted by Crippen LogP contribution is -2.33. The zero-order chi connectivity index (χ0) is 14.4. The van der Waals surface area contributed by atoms with Crippen molar-refractivity contribution in [3.05, 3.63) is 35.4 Å². The standard InChI is InChI=1S/C15H24N2O2S/c1-2-16-11-13-7-9-14(10-8-13)12-20(18,19)17-15-5-3-4-6-15/h7-10,15-17H,2-6,11-12H2,1H3. The third kappa shape index (κ3) is 4.89. The number of hydrogen-bond acceptors (Lipinski definition) is 3. The minimum Gasteiger partial charge on any atom is -0.313 e. The summed E-state index contributed by atoms with van der Waals surface area (Å²) in [5.41, 5.74) is 2.02. The highest BCUT2D eigenvalue weighted by Crippen LogP contribution is 2.19. The average molecular weight is 296 g/mol. The summed E-state index contributed by atoms with van der Waals surface area (Å²) in [7, 11) is -3.21. The smallest absolute Gasteiger partial charge is 0.216 e. The molecule has 20 heavy (non-hydrogen) atoms. The van der Waals surface area contributed by atoms with Crippen LogP contribution in [0.5, 0.6) is 0 Å². The van der Waals surface area contributed by atoms with Crippen molar-refractivity contribution < 1.29 is 8.42 Å². The minimum atomic E-state index is -3.21. The van der Waals surface area contributed by atoms with Gasteiger partial charge in [-0.1, -0.05) is 44.0 Å². The van der Waals surface area contributed by atoms with Crippen LogP contribution < -0.4 is 10.0 Å². The number of sulfonamides is 1. The van der Waals surface area contributed by atoms with Crippen molar-refractivity contribution in [2.24, 2.45) is 0 Å². The van der Waals surface area contributed by atoms with E-state index in [1.165, 1.54) is 5.56 Å². The van der Waals surface area contributed by atoms with Gasteiger partial charge in [0.1, 0.15) is 0 Å². The van der Waals surface area contributed by atoms with E-state index in [0.29, 0.717) is 0 Å². The first kappa shape index (κ1) is 15.5. The molecule has 0 bridgehead atoms. The summed E-state index contributed by atoms with van der Waals surface area (Å²) >= 11 is 0. The second kappa shape index (κ2) is 7.20. The molecule has 2 N–H and O–H groups in total. The van der Waals surface area contributed by atoms with Crippen LogP contribution in [0.4, 0.5) is 0 Å². The minimum absolute atomic E-state index is 0.0744. The Hall–Kier alpha value is -0.910. The Balaban J connectivity index is 1.91. The second-order valence-corrected chi connectivity index (χ2v) is 7.21. The molecule has 1 aromatic carbocycles. The molecular formula is C15H24N2O2S. The summed E-state index contributed by atoms with van der Waals surface area (Å²) in [6, 6.07) is 7.93. The van der Waals surface area contributed by atoms with E-state index in [-0.39, 0.29) is 11.8 Å². The summed E-state index contributed by atoms with van der Waals surface area (Å²) in [6.07, 6.45) is 4.21. The van der Waals surface area contributed by atoms with Crippen LogP contribution in [0.3, 0.4) is 0 Å². The van der Waals surface area contributed by atoms with E-state index in [0.717, 1.165) is 44.3 Å². The topological polar surface area (TPSA) is 58.2 Å². The van der Waals surface area contributed by atoms with E-state index in [1.807, 2.05) is 24.3 Å². The molecule has 1 aliphatic rings. The third-order valence-corrected chi connectivity index (χ3v) is 5.07. The molecule has 1 fully saturated rings. The predicted molar refractivity (Wildman–Crippen MR) is 81.8 cm³/mol. The van der Waals surface area contributed by atoms with Crippen LogP contribution >= 0.6 is 0 Å². The van der Waals surface area contributed by atoms with Gasteiger partial charge in [-0.2, -0.15) is 0 Å². The van der Waals surface area contributed by atoms with Crippen molar-refractivity contribution in [3.63, 3.8) is 0 Å². The predicted octanol–water partition coefficient (Wildman–Crippen LogP) is 2.16. The molecule has 0 spiro atoms. The van der Waals surface area contributed by atoms with E-state index >= 15 is 0 Å². The van der Waals surface area contributed by atoms with Gasteiger partial charge >= 0.3 is 0 Å². The fourth-order valence-corrected chi connectivity index (χ4v) is 4.04. The Labute approximate surface area is 122 Å². The molecule has 5 heteroatoms. The summed E-state index contributed by atoms with van der Waals surface area (Å²) in [6.45, 7) is 3.82. The van der Waals surface area contributed by atoms with Crippen LogP contribution in [-0.4, -0.2) is 21.0 Å². The van der Waals surface area contributed by atoms with Crippen LogP contribution in [0.25, 0.3) is 0 Å². The van der Waals surface area contributed by atoms with Gasteiger partial charge in [0.15, 0.2) is 0 Å². The largest absolute Gasteiger partial charge is 0.313 e. The first-order valence-corrected chi connectivity index (χ1v) is 9.03. The lowest BCUT2D eigenvalue weighted by Gasteiger charge is -2.12. The lowest BCUT2D eigenvalue weighted by molar-refractivity contribution is 0.551. The normalized spacial score (nSPS) is 16.6. The fraction of sp³-hybridized carbons (Fsp3) is 0.600. The van der Waals surface area contributed by atoms with Gasteiger partial charge in [0.2, 0.25) is 10.0 Å². The molecular weight excluding hydrogens is 272 g/mol. The molecule has 2 rings (SSSR count). The molecule has 4 nitrogen and oxygen atoms in total. The van der Waals surface area contributed by atoms with Crippen molar-refractivity contribution >= 4 is 10.0 Å². The van der Waals surface area contributed by atoms with E-state index in [2.05, 4.69) is 17.0 Å². The third-order valence-electron chi connectivity index (χ3n) is 3.66. The van der Waals surface area contributed by atoms with Crippen LogP contribution in [-0.2, 0) is 22.3 Å². The average Bonchev–Trinajstić information content (AvgIpc) is 2.89. The number of nitrogens with one attached hydrogen (secondary N) is 2. The quantitative estimate of drug-likeness (QED) is 0.810. The highest BCUT2D eigenvalue weighted by molar-refractivity contribution is 7.88. The van der Waals surface area contributed by atoms with Crippen molar-refractivity contribution in [1.29, 1.82) is 0 Å². The van der Waals surface area contributed by atoms with Gasteiger partial charge in [0.25, 0.3) is 0 Å². The van der Waals surface area contributed by atoms with Gasteiger partial charge in [-0.05, 0) is 30.5 Å². The molecule has 1 saturated carbocycles. The summed E-state index contributed by atoms with van der Waals surface area (Å²) in [4.78, 5) is 0. The van der Waals surface area contributed by atoms with Crippen molar-refractivity contribution in [3.8, 4) is 0 Å². The van der Waals surface area contributed by atoms with Gasteiger partial charge in [-0.15, -0.1) is 0 Å². The van der Waals surface area contributed by atoms with Crippen LogP contribution in [0.15, 0.2) is 24.3 Å². The molecule has 0 aliphatic heterocycles. The first-order valence-electron chi connectivity index (χ1n) is 7.37. The van der Waals surface area contributed by atoms with Gasteiger partial charge in [-0.25, -0.2) is 13.1 Å². The highest BCUT2D eigenvalue weighted by Gasteiger charge is 2.21. The molecule has 0 radical (unpaired) electrons. The van der Waals surface area contributed by atoms with Crippen LogP contribution in [0.1, 0.15) is 43.7 Å². The molecule has 0 amide bonds. The Bertz CT molecular complexity index is 505. The molecule has 0 unspecified atom stereocenters. The maximum atomic E-state index is 12.1.